The van der Waals surface area contributed by atoms with E-state index in [1.165, 1.54) is 7.11 Å². The van der Waals surface area contributed by atoms with Crippen LogP contribution in [0.4, 0.5) is 5.00 Å². The summed E-state index contributed by atoms with van der Waals surface area (Å²) >= 11 is 1.12. The van der Waals surface area contributed by atoms with Gasteiger partial charge >= 0.3 is 5.97 Å². The van der Waals surface area contributed by atoms with Crippen molar-refractivity contribution in [1.82, 2.24) is 4.90 Å². The summed E-state index contributed by atoms with van der Waals surface area (Å²) in [5.74, 6) is -0.939. The zero-order valence-corrected chi connectivity index (χ0v) is 16.2. The van der Waals surface area contributed by atoms with E-state index in [1.54, 1.807) is 32.6 Å². The maximum atomic E-state index is 12.7. The number of carbonyl (C=O) groups is 3. The molecule has 1 heterocycles. The largest absolute Gasteiger partial charge is 0.465 e. The average molecular weight is 354 g/mol. The number of rotatable bonds is 5. The molecule has 7 heteroatoms. The van der Waals surface area contributed by atoms with Gasteiger partial charge in [-0.25, -0.2) is 4.79 Å². The normalized spacial score (nSPS) is 11.1. The van der Waals surface area contributed by atoms with E-state index in [2.05, 4.69) is 5.32 Å². The van der Waals surface area contributed by atoms with Crippen molar-refractivity contribution in [2.75, 3.05) is 25.5 Å². The summed E-state index contributed by atoms with van der Waals surface area (Å²) in [6.45, 7) is 12.0. The summed E-state index contributed by atoms with van der Waals surface area (Å²) in [5.41, 5.74) is 0.164. The molecule has 0 fully saturated rings. The number of methoxy groups -OCH3 is 1. The average Bonchev–Trinajstić information content (AvgIpc) is 2.83. The molecule has 1 N–H and O–H groups in total. The molecule has 2 amide bonds. The van der Waals surface area contributed by atoms with Crippen molar-refractivity contribution in [3.8, 4) is 0 Å². The second kappa shape index (κ2) is 7.79. The Morgan fingerprint density at radius 3 is 2.12 bits per heavy atom. The number of nitrogens with zero attached hydrogens (tertiary/aromatic N) is 1. The minimum absolute atomic E-state index is 0.149. The van der Waals surface area contributed by atoms with Gasteiger partial charge in [0.2, 0.25) is 5.91 Å². The molecular formula is C17H26N2O4S. The fraction of sp³-hybridized carbons (Fsp3) is 0.588. The van der Waals surface area contributed by atoms with E-state index >= 15 is 0 Å². The molecule has 0 aromatic carbocycles. The van der Waals surface area contributed by atoms with Crippen molar-refractivity contribution >= 4 is 34.1 Å². The molecule has 0 unspecified atom stereocenters. The topological polar surface area (TPSA) is 75.7 Å². The highest BCUT2D eigenvalue weighted by Gasteiger charge is 2.30. The molecule has 0 radical (unpaired) electrons. The summed E-state index contributed by atoms with van der Waals surface area (Å²) in [6, 6.07) is 0. The number of amides is 2. The van der Waals surface area contributed by atoms with Gasteiger partial charge < -0.3 is 15.0 Å². The van der Waals surface area contributed by atoms with Gasteiger partial charge in [-0.2, -0.15) is 0 Å². The SMILES string of the molecule is CCN(CC)C(=O)c1sc(NC(=O)C(C)(C)C)c(C(=O)OC)c1C. The molecule has 0 spiro atoms. The van der Waals surface area contributed by atoms with Gasteiger partial charge in [0.15, 0.2) is 0 Å². The van der Waals surface area contributed by atoms with E-state index in [-0.39, 0.29) is 17.4 Å². The molecular weight excluding hydrogens is 328 g/mol. The van der Waals surface area contributed by atoms with Crippen molar-refractivity contribution in [3.63, 3.8) is 0 Å². The Labute approximate surface area is 147 Å². The minimum atomic E-state index is -0.617. The van der Waals surface area contributed by atoms with E-state index in [0.717, 1.165) is 11.3 Å². The number of esters is 1. The molecule has 1 aromatic rings. The highest BCUT2D eigenvalue weighted by molar-refractivity contribution is 7.18. The molecule has 6 nitrogen and oxygen atoms in total. The summed E-state index contributed by atoms with van der Waals surface area (Å²) in [7, 11) is 1.28. The van der Waals surface area contributed by atoms with E-state index in [1.807, 2.05) is 13.8 Å². The van der Waals surface area contributed by atoms with Gasteiger partial charge in [-0.05, 0) is 26.3 Å². The quantitative estimate of drug-likeness (QED) is 0.823. The van der Waals surface area contributed by atoms with Crippen LogP contribution in [0.1, 0.15) is 60.2 Å². The Morgan fingerprint density at radius 2 is 1.71 bits per heavy atom. The molecule has 0 aliphatic rings. The van der Waals surface area contributed by atoms with Crippen LogP contribution in [-0.4, -0.2) is 42.9 Å². The van der Waals surface area contributed by atoms with Crippen LogP contribution in [0.3, 0.4) is 0 Å². The highest BCUT2D eigenvalue weighted by atomic mass is 32.1. The third-order valence-electron chi connectivity index (χ3n) is 3.69. The second-order valence-corrected chi connectivity index (χ2v) is 7.45. The zero-order chi connectivity index (χ0) is 18.7. The Balaban J connectivity index is 3.38. The maximum absolute atomic E-state index is 12.7. The van der Waals surface area contributed by atoms with Crippen LogP contribution in [-0.2, 0) is 9.53 Å². The van der Waals surface area contributed by atoms with Gasteiger partial charge in [0.1, 0.15) is 5.00 Å². The first-order valence-corrected chi connectivity index (χ1v) is 8.72. The van der Waals surface area contributed by atoms with Gasteiger partial charge in [0.25, 0.3) is 5.91 Å². The Morgan fingerprint density at radius 1 is 1.17 bits per heavy atom. The smallest absolute Gasteiger partial charge is 0.341 e. The Bertz CT molecular complexity index is 640. The highest BCUT2D eigenvalue weighted by Crippen LogP contribution is 2.35. The summed E-state index contributed by atoms with van der Waals surface area (Å²) in [6.07, 6.45) is 0. The van der Waals surface area contributed by atoms with Gasteiger partial charge in [-0.15, -0.1) is 11.3 Å². The lowest BCUT2D eigenvalue weighted by Crippen LogP contribution is -2.30. The lowest BCUT2D eigenvalue weighted by atomic mass is 9.96. The van der Waals surface area contributed by atoms with Gasteiger partial charge in [0, 0.05) is 18.5 Å². The molecule has 0 aliphatic heterocycles. The Hall–Kier alpha value is -1.89. The molecule has 0 atom stereocenters. The number of anilines is 1. The van der Waals surface area contributed by atoms with Crippen molar-refractivity contribution in [1.29, 1.82) is 0 Å². The Kier molecular flexibility index (Phi) is 6.54. The van der Waals surface area contributed by atoms with Crippen LogP contribution < -0.4 is 5.32 Å². The third kappa shape index (κ3) is 4.14. The molecule has 0 aliphatic carbocycles. The number of hydrogen-bond donors (Lipinski definition) is 1. The number of ether oxygens (including phenoxy) is 1. The van der Waals surface area contributed by atoms with Gasteiger partial charge in [0.05, 0.1) is 17.6 Å². The van der Waals surface area contributed by atoms with Crippen LogP contribution >= 0.6 is 11.3 Å². The van der Waals surface area contributed by atoms with Crippen LogP contribution in [0, 0.1) is 12.3 Å². The van der Waals surface area contributed by atoms with Crippen molar-refractivity contribution in [2.45, 2.75) is 41.5 Å². The molecule has 0 bridgehead atoms. The lowest BCUT2D eigenvalue weighted by molar-refractivity contribution is -0.123. The zero-order valence-electron chi connectivity index (χ0n) is 15.4. The number of carbonyl (C=O) groups excluding carboxylic acids is 3. The first-order valence-electron chi connectivity index (χ1n) is 7.90. The summed E-state index contributed by atoms with van der Waals surface area (Å²) in [4.78, 5) is 39.2. The standard InChI is InChI=1S/C17H26N2O4S/c1-8-19(9-2)14(20)12-10(3)11(15(21)23-7)13(24-12)18-16(22)17(4,5)6/h8-9H2,1-7H3,(H,18,22). The van der Waals surface area contributed by atoms with Crippen LogP contribution in [0.15, 0.2) is 0 Å². The molecule has 24 heavy (non-hydrogen) atoms. The number of hydrogen-bond acceptors (Lipinski definition) is 5. The molecule has 1 rings (SSSR count). The van der Waals surface area contributed by atoms with Crippen molar-refractivity contribution in [3.05, 3.63) is 16.0 Å². The minimum Gasteiger partial charge on any atom is -0.465 e. The summed E-state index contributed by atoms with van der Waals surface area (Å²) < 4.78 is 4.82. The van der Waals surface area contributed by atoms with Crippen molar-refractivity contribution < 1.29 is 19.1 Å². The molecule has 134 valence electrons. The fourth-order valence-electron chi connectivity index (χ4n) is 2.10. The maximum Gasteiger partial charge on any atom is 0.341 e. The second-order valence-electron chi connectivity index (χ2n) is 6.43. The monoisotopic (exact) mass is 354 g/mol. The molecule has 0 saturated heterocycles. The number of nitrogens with one attached hydrogen (secondary N) is 1. The van der Waals surface area contributed by atoms with Crippen molar-refractivity contribution in [2.24, 2.45) is 5.41 Å². The van der Waals surface area contributed by atoms with E-state index < -0.39 is 11.4 Å². The predicted molar refractivity (Wildman–Crippen MR) is 95.7 cm³/mol. The first-order chi connectivity index (χ1) is 11.1. The van der Waals surface area contributed by atoms with Crippen LogP contribution in [0.5, 0.6) is 0 Å². The molecule has 0 saturated carbocycles. The third-order valence-corrected chi connectivity index (χ3v) is 4.88. The summed E-state index contributed by atoms with van der Waals surface area (Å²) in [5, 5.41) is 3.12. The lowest BCUT2D eigenvalue weighted by Gasteiger charge is -2.18. The van der Waals surface area contributed by atoms with Crippen LogP contribution in [0.2, 0.25) is 0 Å². The van der Waals surface area contributed by atoms with Crippen LogP contribution in [0.25, 0.3) is 0 Å². The van der Waals surface area contributed by atoms with E-state index in [4.69, 9.17) is 4.74 Å². The predicted octanol–water partition coefficient (Wildman–Crippen LogP) is 3.31. The fourth-order valence-corrected chi connectivity index (χ4v) is 3.26. The first kappa shape index (κ1) is 20.2. The number of thiophene rings is 1. The van der Waals surface area contributed by atoms with Gasteiger partial charge in [-0.3, -0.25) is 9.59 Å². The van der Waals surface area contributed by atoms with E-state index in [9.17, 15) is 14.4 Å². The molecule has 1 aromatic heterocycles. The van der Waals surface area contributed by atoms with Gasteiger partial charge in [-0.1, -0.05) is 20.8 Å². The van der Waals surface area contributed by atoms with E-state index in [0.29, 0.717) is 28.5 Å².